The lowest BCUT2D eigenvalue weighted by molar-refractivity contribution is -0.386. The van der Waals surface area contributed by atoms with Gasteiger partial charge in [-0.1, -0.05) is 0 Å². The van der Waals surface area contributed by atoms with Crippen LogP contribution in [0.3, 0.4) is 0 Å². The van der Waals surface area contributed by atoms with Gasteiger partial charge in [0.15, 0.2) is 0 Å². The number of aromatic nitrogens is 1. The van der Waals surface area contributed by atoms with Crippen LogP contribution < -0.4 is 5.73 Å². The normalized spacial score (nSPS) is 10.1. The van der Waals surface area contributed by atoms with Crippen LogP contribution in [0.4, 0.5) is 20.3 Å². The highest BCUT2D eigenvalue weighted by Crippen LogP contribution is 2.32. The molecule has 2 N–H and O–H groups in total. The molecule has 1 aromatic rings. The summed E-state index contributed by atoms with van der Waals surface area (Å²) < 4.78 is 25.2. The van der Waals surface area contributed by atoms with Gasteiger partial charge in [-0.3, -0.25) is 10.1 Å². The van der Waals surface area contributed by atoms with Crippen LogP contribution in [0.5, 0.6) is 0 Å². The summed E-state index contributed by atoms with van der Waals surface area (Å²) in [5, 5.41) is 18.9. The SMILES string of the molecule is N#CCc1nc(N)cc([N+](=O)[O-])c1C(F)F. The summed E-state index contributed by atoms with van der Waals surface area (Å²) >= 11 is 0. The van der Waals surface area contributed by atoms with E-state index in [1.54, 1.807) is 6.07 Å². The van der Waals surface area contributed by atoms with E-state index in [1.165, 1.54) is 0 Å². The Hall–Kier alpha value is -2.30. The largest absolute Gasteiger partial charge is 0.383 e. The van der Waals surface area contributed by atoms with E-state index in [9.17, 15) is 18.9 Å². The number of nitrogens with zero attached hydrogens (tertiary/aromatic N) is 3. The number of hydrogen-bond acceptors (Lipinski definition) is 5. The van der Waals surface area contributed by atoms with Crippen molar-refractivity contribution in [3.8, 4) is 6.07 Å². The molecule has 0 radical (unpaired) electrons. The number of anilines is 1. The molecule has 0 saturated heterocycles. The van der Waals surface area contributed by atoms with Gasteiger partial charge in [-0.05, 0) is 0 Å². The molecule has 0 amide bonds. The topological polar surface area (TPSA) is 106 Å². The molecular formula is C8H6F2N4O2. The zero-order valence-electron chi connectivity index (χ0n) is 7.85. The first kappa shape index (κ1) is 11.8. The first-order valence-electron chi connectivity index (χ1n) is 4.06. The van der Waals surface area contributed by atoms with Crippen LogP contribution >= 0.6 is 0 Å². The van der Waals surface area contributed by atoms with Crippen LogP contribution in [0, 0.1) is 21.4 Å². The smallest absolute Gasteiger partial charge is 0.283 e. The van der Waals surface area contributed by atoms with Gasteiger partial charge in [0.2, 0.25) is 0 Å². The Morgan fingerprint density at radius 2 is 2.31 bits per heavy atom. The predicted octanol–water partition coefficient (Wildman–Crippen LogP) is 1.58. The van der Waals surface area contributed by atoms with E-state index in [0.717, 1.165) is 6.07 Å². The Morgan fingerprint density at radius 3 is 2.75 bits per heavy atom. The van der Waals surface area contributed by atoms with Crippen LogP contribution in [0.1, 0.15) is 17.7 Å². The lowest BCUT2D eigenvalue weighted by atomic mass is 10.1. The molecule has 0 unspecified atom stereocenters. The van der Waals surface area contributed by atoms with Crippen molar-refractivity contribution in [2.75, 3.05) is 5.73 Å². The van der Waals surface area contributed by atoms with Gasteiger partial charge in [-0.25, -0.2) is 13.8 Å². The summed E-state index contributed by atoms with van der Waals surface area (Å²) in [5.41, 5.74) is 3.21. The summed E-state index contributed by atoms with van der Waals surface area (Å²) in [5.74, 6) is -0.263. The minimum atomic E-state index is -3.07. The van der Waals surface area contributed by atoms with Gasteiger partial charge in [0.25, 0.3) is 12.1 Å². The summed E-state index contributed by atoms with van der Waals surface area (Å²) in [7, 11) is 0. The number of rotatable bonds is 3. The Kier molecular flexibility index (Phi) is 3.30. The van der Waals surface area contributed by atoms with Crippen LogP contribution in [0.15, 0.2) is 6.07 Å². The van der Waals surface area contributed by atoms with E-state index in [4.69, 9.17) is 11.0 Å². The molecule has 8 heteroatoms. The highest BCUT2D eigenvalue weighted by molar-refractivity contribution is 5.51. The second-order valence-electron chi connectivity index (χ2n) is 2.82. The maximum Gasteiger partial charge on any atom is 0.283 e. The van der Waals surface area contributed by atoms with Crippen molar-refractivity contribution in [1.29, 1.82) is 5.26 Å². The lowest BCUT2D eigenvalue weighted by Gasteiger charge is -2.06. The lowest BCUT2D eigenvalue weighted by Crippen LogP contribution is -2.06. The maximum absolute atomic E-state index is 12.6. The van der Waals surface area contributed by atoms with Crippen molar-refractivity contribution in [1.82, 2.24) is 4.98 Å². The standard InChI is InChI=1S/C8H6F2N4O2/c9-8(10)7-4(1-2-11)13-6(12)3-5(7)14(15)16/h3,8H,1H2,(H2,12,13). The van der Waals surface area contributed by atoms with Gasteiger partial charge in [-0.2, -0.15) is 5.26 Å². The second kappa shape index (κ2) is 4.48. The molecule has 0 aliphatic rings. The minimum absolute atomic E-state index is 0.263. The van der Waals surface area contributed by atoms with Crippen LogP contribution in [0.2, 0.25) is 0 Å². The third-order valence-electron chi connectivity index (χ3n) is 1.80. The Balaban J connectivity index is 3.48. The molecule has 0 saturated carbocycles. The van der Waals surface area contributed by atoms with Crippen molar-refractivity contribution >= 4 is 11.5 Å². The summed E-state index contributed by atoms with van der Waals surface area (Å²) in [6, 6.07) is 2.35. The molecule has 0 fully saturated rings. The quantitative estimate of drug-likeness (QED) is 0.624. The third-order valence-corrected chi connectivity index (χ3v) is 1.80. The number of nitrogens with two attached hydrogens (primary N) is 1. The predicted molar refractivity (Wildman–Crippen MR) is 49.6 cm³/mol. The highest BCUT2D eigenvalue weighted by Gasteiger charge is 2.27. The van der Waals surface area contributed by atoms with Crippen LogP contribution in [-0.2, 0) is 6.42 Å². The van der Waals surface area contributed by atoms with E-state index >= 15 is 0 Å². The van der Waals surface area contributed by atoms with Gasteiger partial charge in [0.05, 0.1) is 29.2 Å². The molecule has 16 heavy (non-hydrogen) atoms. The second-order valence-corrected chi connectivity index (χ2v) is 2.82. The van der Waals surface area contributed by atoms with Crippen LogP contribution in [-0.4, -0.2) is 9.91 Å². The molecule has 1 aromatic heterocycles. The molecule has 6 nitrogen and oxygen atoms in total. The van der Waals surface area contributed by atoms with Gasteiger partial charge in [-0.15, -0.1) is 0 Å². The molecule has 0 spiro atoms. The number of pyridine rings is 1. The summed E-state index contributed by atoms with van der Waals surface area (Å²) in [4.78, 5) is 13.1. The van der Waals surface area contributed by atoms with Gasteiger partial charge in [0.1, 0.15) is 11.4 Å². The van der Waals surface area contributed by atoms with E-state index in [0.29, 0.717) is 0 Å². The number of alkyl halides is 2. The fraction of sp³-hybridized carbons (Fsp3) is 0.250. The van der Waals surface area contributed by atoms with E-state index in [2.05, 4.69) is 4.98 Å². The van der Waals surface area contributed by atoms with E-state index < -0.39 is 29.0 Å². The molecule has 0 atom stereocenters. The molecule has 84 valence electrons. The number of nitriles is 1. The van der Waals surface area contributed by atoms with Crippen molar-refractivity contribution < 1.29 is 13.7 Å². The fourth-order valence-electron chi connectivity index (χ4n) is 1.21. The first-order valence-corrected chi connectivity index (χ1v) is 4.06. The van der Waals surface area contributed by atoms with Gasteiger partial charge < -0.3 is 5.73 Å². The first-order chi connectivity index (χ1) is 7.47. The molecule has 0 aliphatic carbocycles. The Morgan fingerprint density at radius 1 is 1.69 bits per heavy atom. The Bertz CT molecular complexity index is 470. The molecule has 0 aromatic carbocycles. The monoisotopic (exact) mass is 228 g/mol. The molecular weight excluding hydrogens is 222 g/mol. The zero-order valence-corrected chi connectivity index (χ0v) is 7.85. The fourth-order valence-corrected chi connectivity index (χ4v) is 1.21. The van der Waals surface area contributed by atoms with Crippen LogP contribution in [0.25, 0.3) is 0 Å². The van der Waals surface area contributed by atoms with E-state index in [1.807, 2.05) is 0 Å². The average Bonchev–Trinajstić information content (AvgIpc) is 2.16. The third kappa shape index (κ3) is 2.20. The number of hydrogen-bond donors (Lipinski definition) is 1. The summed E-state index contributed by atoms with van der Waals surface area (Å²) in [6.07, 6.45) is -3.53. The van der Waals surface area contributed by atoms with Crippen molar-refractivity contribution in [2.45, 2.75) is 12.8 Å². The number of nitro groups is 1. The molecule has 0 aliphatic heterocycles. The number of nitrogen functional groups attached to an aromatic ring is 1. The summed E-state index contributed by atoms with van der Waals surface area (Å²) in [6.45, 7) is 0. The van der Waals surface area contributed by atoms with Gasteiger partial charge >= 0.3 is 0 Å². The highest BCUT2D eigenvalue weighted by atomic mass is 19.3. The zero-order chi connectivity index (χ0) is 12.3. The van der Waals surface area contributed by atoms with Crippen molar-refractivity contribution in [2.24, 2.45) is 0 Å². The van der Waals surface area contributed by atoms with Crippen molar-refractivity contribution in [3.63, 3.8) is 0 Å². The van der Waals surface area contributed by atoms with Crippen molar-refractivity contribution in [3.05, 3.63) is 27.4 Å². The maximum atomic E-state index is 12.6. The minimum Gasteiger partial charge on any atom is -0.383 e. The molecule has 1 heterocycles. The Labute approximate surface area is 88.5 Å². The molecule has 1 rings (SSSR count). The average molecular weight is 228 g/mol. The van der Waals surface area contributed by atoms with E-state index in [-0.39, 0.29) is 11.5 Å². The number of halogens is 2. The van der Waals surface area contributed by atoms with Gasteiger partial charge in [0, 0.05) is 0 Å². The molecule has 0 bridgehead atoms.